The van der Waals surface area contributed by atoms with Crippen LogP contribution >= 0.6 is 0 Å². The molecule has 2 aromatic rings. The molecule has 4 heterocycles. The van der Waals surface area contributed by atoms with Crippen LogP contribution in [-0.4, -0.2) is 46.3 Å². The molecule has 1 unspecified atom stereocenters. The number of nitrogens with zero attached hydrogens (tertiary/aromatic N) is 5. The first-order valence-corrected chi connectivity index (χ1v) is 8.02. The molecule has 0 spiro atoms. The molecule has 22 heavy (non-hydrogen) atoms. The third-order valence-electron chi connectivity index (χ3n) is 4.44. The number of hydrogen-bond donors (Lipinski definition) is 0. The largest absolute Gasteiger partial charge is 0.467 e. The van der Waals surface area contributed by atoms with Crippen LogP contribution in [0.25, 0.3) is 11.2 Å². The van der Waals surface area contributed by atoms with Crippen molar-refractivity contribution in [3.05, 3.63) is 6.33 Å². The average molecular weight is 303 g/mol. The van der Waals surface area contributed by atoms with Crippen molar-refractivity contribution < 1.29 is 9.47 Å². The van der Waals surface area contributed by atoms with E-state index in [1.165, 1.54) is 19.3 Å². The molecule has 0 saturated carbocycles. The van der Waals surface area contributed by atoms with Gasteiger partial charge in [-0.3, -0.25) is 4.57 Å². The summed E-state index contributed by atoms with van der Waals surface area (Å²) in [6.45, 7) is 2.83. The lowest BCUT2D eigenvalue weighted by Gasteiger charge is -2.27. The third kappa shape index (κ3) is 2.29. The fourth-order valence-electron chi connectivity index (χ4n) is 3.29. The predicted molar refractivity (Wildman–Crippen MR) is 82.2 cm³/mol. The molecule has 2 aliphatic heterocycles. The van der Waals surface area contributed by atoms with Gasteiger partial charge in [0.05, 0.1) is 13.4 Å². The molecule has 1 atom stereocenters. The van der Waals surface area contributed by atoms with E-state index in [0.29, 0.717) is 6.01 Å². The van der Waals surface area contributed by atoms with Crippen LogP contribution < -0.4 is 9.64 Å². The standard InChI is InChI=1S/C15H21N5O2/c1-21-15-17-13(19-7-3-2-4-8-19)12-14(18-15)20(10-16-12)11-6-5-9-22-11/h10-11H,2-9H2,1H3. The molecule has 2 aliphatic rings. The van der Waals surface area contributed by atoms with Crippen LogP contribution in [0.2, 0.25) is 0 Å². The van der Waals surface area contributed by atoms with Gasteiger partial charge < -0.3 is 14.4 Å². The molecule has 7 nitrogen and oxygen atoms in total. The van der Waals surface area contributed by atoms with E-state index in [1.807, 2.05) is 10.9 Å². The molecular weight excluding hydrogens is 282 g/mol. The Hall–Kier alpha value is -1.89. The second-order valence-electron chi connectivity index (χ2n) is 5.87. The maximum atomic E-state index is 5.77. The minimum absolute atomic E-state index is 0.0267. The molecule has 118 valence electrons. The van der Waals surface area contributed by atoms with E-state index in [-0.39, 0.29) is 6.23 Å². The van der Waals surface area contributed by atoms with Crippen LogP contribution in [-0.2, 0) is 4.74 Å². The van der Waals surface area contributed by atoms with Crippen LogP contribution in [0.3, 0.4) is 0 Å². The molecule has 0 aliphatic carbocycles. The summed E-state index contributed by atoms with van der Waals surface area (Å²) in [4.78, 5) is 15.9. The van der Waals surface area contributed by atoms with Crippen molar-refractivity contribution in [2.75, 3.05) is 31.7 Å². The first-order chi connectivity index (χ1) is 10.9. The van der Waals surface area contributed by atoms with Crippen molar-refractivity contribution >= 4 is 17.0 Å². The Morgan fingerprint density at radius 2 is 2.05 bits per heavy atom. The molecule has 4 rings (SSSR count). The van der Waals surface area contributed by atoms with E-state index in [9.17, 15) is 0 Å². The quantitative estimate of drug-likeness (QED) is 0.865. The van der Waals surface area contributed by atoms with Crippen molar-refractivity contribution in [1.82, 2.24) is 19.5 Å². The molecule has 7 heteroatoms. The fourth-order valence-corrected chi connectivity index (χ4v) is 3.29. The molecule has 2 aromatic heterocycles. The lowest BCUT2D eigenvalue weighted by Crippen LogP contribution is -2.30. The summed E-state index contributed by atoms with van der Waals surface area (Å²) in [6.07, 6.45) is 7.59. The number of rotatable bonds is 3. The van der Waals surface area contributed by atoms with Gasteiger partial charge in [0.2, 0.25) is 0 Å². The SMILES string of the molecule is COc1nc(N2CCCCC2)c2ncn(C3CCCO3)c2n1. The number of hydrogen-bond acceptors (Lipinski definition) is 6. The molecular formula is C15H21N5O2. The van der Waals surface area contributed by atoms with E-state index in [1.54, 1.807) is 7.11 Å². The van der Waals surface area contributed by atoms with Crippen molar-refractivity contribution in [1.29, 1.82) is 0 Å². The zero-order valence-corrected chi connectivity index (χ0v) is 12.9. The number of anilines is 1. The van der Waals surface area contributed by atoms with Gasteiger partial charge in [0.15, 0.2) is 17.0 Å². The van der Waals surface area contributed by atoms with E-state index >= 15 is 0 Å². The lowest BCUT2D eigenvalue weighted by molar-refractivity contribution is 0.0592. The highest BCUT2D eigenvalue weighted by Gasteiger charge is 2.24. The smallest absolute Gasteiger partial charge is 0.320 e. The van der Waals surface area contributed by atoms with Gasteiger partial charge in [-0.25, -0.2) is 4.98 Å². The van der Waals surface area contributed by atoms with Gasteiger partial charge in [0, 0.05) is 19.7 Å². The van der Waals surface area contributed by atoms with Gasteiger partial charge >= 0.3 is 6.01 Å². The maximum absolute atomic E-state index is 5.77. The highest BCUT2D eigenvalue weighted by Crippen LogP contribution is 2.31. The third-order valence-corrected chi connectivity index (χ3v) is 4.44. The lowest BCUT2D eigenvalue weighted by atomic mass is 10.1. The van der Waals surface area contributed by atoms with Crippen molar-refractivity contribution in [3.63, 3.8) is 0 Å². The summed E-state index contributed by atoms with van der Waals surface area (Å²) in [6, 6.07) is 0.396. The first kappa shape index (κ1) is 13.8. The summed E-state index contributed by atoms with van der Waals surface area (Å²) in [7, 11) is 1.61. The number of aromatic nitrogens is 4. The molecule has 0 radical (unpaired) electrons. The van der Waals surface area contributed by atoms with Crippen LogP contribution in [0.15, 0.2) is 6.33 Å². The molecule has 0 N–H and O–H groups in total. The Bertz CT molecular complexity index is 659. The normalized spacial score (nSPS) is 22.4. The Kier molecular flexibility index (Phi) is 3.57. The molecule has 2 saturated heterocycles. The van der Waals surface area contributed by atoms with Gasteiger partial charge in [-0.15, -0.1) is 0 Å². The molecule has 0 bridgehead atoms. The number of methoxy groups -OCH3 is 1. The van der Waals surface area contributed by atoms with Crippen LogP contribution in [0.5, 0.6) is 6.01 Å². The van der Waals surface area contributed by atoms with E-state index < -0.39 is 0 Å². The molecule has 0 amide bonds. The van der Waals surface area contributed by atoms with E-state index in [4.69, 9.17) is 9.47 Å². The van der Waals surface area contributed by atoms with Gasteiger partial charge in [-0.1, -0.05) is 0 Å². The minimum Gasteiger partial charge on any atom is -0.467 e. The monoisotopic (exact) mass is 303 g/mol. The predicted octanol–water partition coefficient (Wildman–Crippen LogP) is 2.13. The fraction of sp³-hybridized carbons (Fsp3) is 0.667. The second-order valence-corrected chi connectivity index (χ2v) is 5.87. The summed E-state index contributed by atoms with van der Waals surface area (Å²) in [5, 5.41) is 0. The van der Waals surface area contributed by atoms with E-state index in [2.05, 4.69) is 19.9 Å². The van der Waals surface area contributed by atoms with E-state index in [0.717, 1.165) is 49.5 Å². The van der Waals surface area contributed by atoms with Gasteiger partial charge in [0.25, 0.3) is 0 Å². The first-order valence-electron chi connectivity index (χ1n) is 8.02. The summed E-state index contributed by atoms with van der Waals surface area (Å²) in [5.74, 6) is 0.887. The molecule has 0 aromatic carbocycles. The van der Waals surface area contributed by atoms with Gasteiger partial charge in [0.1, 0.15) is 6.23 Å². The number of piperidine rings is 1. The topological polar surface area (TPSA) is 65.3 Å². The van der Waals surface area contributed by atoms with Crippen LogP contribution in [0.1, 0.15) is 38.3 Å². The van der Waals surface area contributed by atoms with Gasteiger partial charge in [-0.2, -0.15) is 9.97 Å². The highest BCUT2D eigenvalue weighted by atomic mass is 16.5. The zero-order chi connectivity index (χ0) is 14.9. The Balaban J connectivity index is 1.81. The number of fused-ring (bicyclic) bond motifs is 1. The number of ether oxygens (including phenoxy) is 2. The molecule has 2 fully saturated rings. The van der Waals surface area contributed by atoms with Crippen LogP contribution in [0.4, 0.5) is 5.82 Å². The highest BCUT2D eigenvalue weighted by molar-refractivity contribution is 5.84. The average Bonchev–Trinajstić information content (AvgIpc) is 3.23. The van der Waals surface area contributed by atoms with Crippen molar-refractivity contribution in [3.8, 4) is 6.01 Å². The number of imidazole rings is 1. The zero-order valence-electron chi connectivity index (χ0n) is 12.9. The summed E-state index contributed by atoms with van der Waals surface area (Å²) in [5.41, 5.74) is 1.65. The second kappa shape index (κ2) is 5.72. The van der Waals surface area contributed by atoms with Crippen molar-refractivity contribution in [2.45, 2.75) is 38.3 Å². The Morgan fingerprint density at radius 3 is 2.77 bits per heavy atom. The van der Waals surface area contributed by atoms with Gasteiger partial charge in [-0.05, 0) is 32.1 Å². The Labute approximate surface area is 129 Å². The Morgan fingerprint density at radius 1 is 1.18 bits per heavy atom. The van der Waals surface area contributed by atoms with Crippen molar-refractivity contribution in [2.24, 2.45) is 0 Å². The summed E-state index contributed by atoms with van der Waals surface area (Å²) < 4.78 is 13.1. The minimum atomic E-state index is 0.0267. The maximum Gasteiger partial charge on any atom is 0.320 e. The van der Waals surface area contributed by atoms with Crippen LogP contribution in [0, 0.1) is 0 Å². The summed E-state index contributed by atoms with van der Waals surface area (Å²) >= 11 is 0.